The molecule has 2 unspecified atom stereocenters. The highest BCUT2D eigenvalue weighted by molar-refractivity contribution is 7.10. The fourth-order valence-electron chi connectivity index (χ4n) is 2.39. The summed E-state index contributed by atoms with van der Waals surface area (Å²) in [5.41, 5.74) is 0. The Morgan fingerprint density at radius 3 is 3.00 bits per heavy atom. The predicted octanol–water partition coefficient (Wildman–Crippen LogP) is 3.46. The first-order valence-electron chi connectivity index (χ1n) is 6.62. The average Bonchev–Trinajstić information content (AvgIpc) is 2.96. The van der Waals surface area contributed by atoms with Crippen molar-refractivity contribution in [2.45, 2.75) is 32.7 Å². The van der Waals surface area contributed by atoms with Crippen LogP contribution in [0.2, 0.25) is 0 Å². The number of hydrogen-bond acceptors (Lipinski definition) is 3. The first-order valence-corrected chi connectivity index (χ1v) is 7.50. The van der Waals surface area contributed by atoms with Crippen LogP contribution < -0.4 is 5.32 Å². The minimum Gasteiger partial charge on any atom is -0.381 e. The Balaban J connectivity index is 1.78. The van der Waals surface area contributed by atoms with Crippen molar-refractivity contribution in [3.05, 3.63) is 22.4 Å². The number of nitrogens with one attached hydrogen (secondary N) is 1. The lowest BCUT2D eigenvalue weighted by molar-refractivity contribution is 0.183. The van der Waals surface area contributed by atoms with Gasteiger partial charge in [-0.1, -0.05) is 19.9 Å². The molecule has 96 valence electrons. The minimum atomic E-state index is 0.511. The summed E-state index contributed by atoms with van der Waals surface area (Å²) in [6, 6.07) is 4.89. The van der Waals surface area contributed by atoms with Gasteiger partial charge in [0, 0.05) is 24.1 Å². The molecular weight excluding hydrogens is 230 g/mol. The molecule has 0 aliphatic carbocycles. The van der Waals surface area contributed by atoms with Crippen LogP contribution in [0.4, 0.5) is 0 Å². The van der Waals surface area contributed by atoms with Crippen LogP contribution in [0.3, 0.4) is 0 Å². The summed E-state index contributed by atoms with van der Waals surface area (Å²) in [7, 11) is 0. The van der Waals surface area contributed by atoms with Gasteiger partial charge in [0.15, 0.2) is 0 Å². The molecule has 1 aliphatic heterocycles. The van der Waals surface area contributed by atoms with Crippen molar-refractivity contribution >= 4 is 11.3 Å². The molecule has 0 spiro atoms. The molecule has 0 amide bonds. The fourth-order valence-corrected chi connectivity index (χ4v) is 3.36. The van der Waals surface area contributed by atoms with Gasteiger partial charge in [0.1, 0.15) is 0 Å². The average molecular weight is 253 g/mol. The van der Waals surface area contributed by atoms with Crippen LogP contribution in [0, 0.1) is 11.8 Å². The monoisotopic (exact) mass is 253 g/mol. The third-order valence-corrected chi connectivity index (χ3v) is 4.41. The van der Waals surface area contributed by atoms with Crippen molar-refractivity contribution in [2.75, 3.05) is 19.8 Å². The molecule has 1 fully saturated rings. The molecule has 2 nitrogen and oxygen atoms in total. The maximum atomic E-state index is 5.41. The van der Waals surface area contributed by atoms with Crippen molar-refractivity contribution < 1.29 is 4.74 Å². The van der Waals surface area contributed by atoms with Crippen LogP contribution in [0.5, 0.6) is 0 Å². The Hall–Kier alpha value is -0.380. The zero-order valence-corrected chi connectivity index (χ0v) is 11.6. The summed E-state index contributed by atoms with van der Waals surface area (Å²) >= 11 is 1.85. The van der Waals surface area contributed by atoms with Crippen LogP contribution in [0.15, 0.2) is 17.5 Å². The van der Waals surface area contributed by atoms with Crippen molar-refractivity contribution in [1.29, 1.82) is 0 Å². The number of ether oxygens (including phenoxy) is 1. The third kappa shape index (κ3) is 3.80. The van der Waals surface area contributed by atoms with Gasteiger partial charge in [0.2, 0.25) is 0 Å². The van der Waals surface area contributed by atoms with Crippen molar-refractivity contribution in [3.63, 3.8) is 0 Å². The Morgan fingerprint density at radius 1 is 1.53 bits per heavy atom. The van der Waals surface area contributed by atoms with Gasteiger partial charge in [-0.2, -0.15) is 0 Å². The normalized spacial score (nSPS) is 22.2. The van der Waals surface area contributed by atoms with Gasteiger partial charge in [-0.05, 0) is 42.7 Å². The van der Waals surface area contributed by atoms with Gasteiger partial charge in [-0.3, -0.25) is 0 Å². The van der Waals surface area contributed by atoms with Crippen LogP contribution in [0.1, 0.15) is 37.6 Å². The third-order valence-electron chi connectivity index (χ3n) is 3.46. The summed E-state index contributed by atoms with van der Waals surface area (Å²) in [6.45, 7) is 7.61. The van der Waals surface area contributed by atoms with E-state index in [0.717, 1.165) is 25.7 Å². The summed E-state index contributed by atoms with van der Waals surface area (Å²) in [5, 5.41) is 5.87. The molecule has 17 heavy (non-hydrogen) atoms. The summed E-state index contributed by atoms with van der Waals surface area (Å²) in [5.74, 6) is 1.42. The minimum absolute atomic E-state index is 0.511. The van der Waals surface area contributed by atoms with Crippen molar-refractivity contribution in [2.24, 2.45) is 11.8 Å². The summed E-state index contributed by atoms with van der Waals surface area (Å²) < 4.78 is 5.41. The zero-order chi connectivity index (χ0) is 12.1. The molecule has 3 heteroatoms. The van der Waals surface area contributed by atoms with E-state index < -0.39 is 0 Å². The van der Waals surface area contributed by atoms with Crippen molar-refractivity contribution in [3.8, 4) is 0 Å². The number of rotatable bonds is 6. The molecular formula is C14H23NOS. The summed E-state index contributed by atoms with van der Waals surface area (Å²) in [6.07, 6.45) is 2.49. The molecule has 0 saturated carbocycles. The Kier molecular flexibility index (Phi) is 5.01. The lowest BCUT2D eigenvalue weighted by Crippen LogP contribution is -2.27. The van der Waals surface area contributed by atoms with E-state index in [-0.39, 0.29) is 0 Å². The molecule has 2 rings (SSSR count). The second-order valence-electron chi connectivity index (χ2n) is 5.21. The fraction of sp³-hybridized carbons (Fsp3) is 0.714. The molecule has 1 saturated heterocycles. The lowest BCUT2D eigenvalue weighted by Gasteiger charge is -2.22. The highest BCUT2D eigenvalue weighted by Crippen LogP contribution is 2.26. The predicted molar refractivity (Wildman–Crippen MR) is 73.4 cm³/mol. The maximum Gasteiger partial charge on any atom is 0.0495 e. The van der Waals surface area contributed by atoms with Gasteiger partial charge < -0.3 is 10.1 Å². The van der Waals surface area contributed by atoms with Gasteiger partial charge in [0.05, 0.1) is 0 Å². The van der Waals surface area contributed by atoms with E-state index in [1.165, 1.54) is 17.7 Å². The maximum absolute atomic E-state index is 5.41. The van der Waals surface area contributed by atoms with Crippen molar-refractivity contribution in [1.82, 2.24) is 5.32 Å². The van der Waals surface area contributed by atoms with E-state index in [1.54, 1.807) is 0 Å². The van der Waals surface area contributed by atoms with Gasteiger partial charge in [-0.25, -0.2) is 0 Å². The number of hydrogen-bond donors (Lipinski definition) is 1. The van der Waals surface area contributed by atoms with E-state index in [0.29, 0.717) is 12.0 Å². The molecule has 1 N–H and O–H groups in total. The highest BCUT2D eigenvalue weighted by Gasteiger charge is 2.18. The van der Waals surface area contributed by atoms with E-state index in [4.69, 9.17) is 4.74 Å². The highest BCUT2D eigenvalue weighted by atomic mass is 32.1. The quantitative estimate of drug-likeness (QED) is 0.838. The molecule has 1 aromatic heterocycles. The molecule has 0 radical (unpaired) electrons. The largest absolute Gasteiger partial charge is 0.381 e. The van der Waals surface area contributed by atoms with E-state index >= 15 is 0 Å². The Labute approximate surface area is 108 Å². The van der Waals surface area contributed by atoms with E-state index in [2.05, 4.69) is 36.7 Å². The second kappa shape index (κ2) is 6.53. The van der Waals surface area contributed by atoms with Gasteiger partial charge >= 0.3 is 0 Å². The smallest absolute Gasteiger partial charge is 0.0495 e. The molecule has 1 aromatic rings. The topological polar surface area (TPSA) is 21.3 Å². The first-order chi connectivity index (χ1) is 8.27. The van der Waals surface area contributed by atoms with Crippen LogP contribution in [-0.2, 0) is 4.74 Å². The standard InChI is InChI=1S/C14H23NOS/c1-11(2)14(13-4-3-9-17-13)15-7-5-12-6-8-16-10-12/h3-4,9,11-12,14-15H,5-8,10H2,1-2H3. The van der Waals surface area contributed by atoms with Gasteiger partial charge in [0.25, 0.3) is 0 Å². The molecule has 0 bridgehead atoms. The SMILES string of the molecule is CC(C)C(NCCC1CCOC1)c1cccs1. The van der Waals surface area contributed by atoms with Crippen LogP contribution in [-0.4, -0.2) is 19.8 Å². The number of thiophene rings is 1. The molecule has 2 atom stereocenters. The van der Waals surface area contributed by atoms with Crippen LogP contribution in [0.25, 0.3) is 0 Å². The molecule has 1 aliphatic rings. The lowest BCUT2D eigenvalue weighted by atomic mass is 10.0. The van der Waals surface area contributed by atoms with Crippen LogP contribution >= 0.6 is 11.3 Å². The van der Waals surface area contributed by atoms with Gasteiger partial charge in [-0.15, -0.1) is 11.3 Å². The Bertz CT molecular complexity index is 304. The second-order valence-corrected chi connectivity index (χ2v) is 6.19. The zero-order valence-electron chi connectivity index (χ0n) is 10.8. The summed E-state index contributed by atoms with van der Waals surface area (Å²) in [4.78, 5) is 1.46. The molecule has 0 aromatic carbocycles. The molecule has 2 heterocycles. The first kappa shape index (κ1) is 13.1. The van der Waals surface area contributed by atoms with E-state index in [9.17, 15) is 0 Å². The Morgan fingerprint density at radius 2 is 2.41 bits per heavy atom. The van der Waals surface area contributed by atoms with E-state index in [1.807, 2.05) is 11.3 Å².